The van der Waals surface area contributed by atoms with Crippen molar-refractivity contribution in [2.75, 3.05) is 19.5 Å². The number of ether oxygens (including phenoxy) is 1. The molecule has 0 unspecified atom stereocenters. The minimum absolute atomic E-state index is 0.836. The Morgan fingerprint density at radius 1 is 1.33 bits per heavy atom. The third-order valence-corrected chi connectivity index (χ3v) is 1.93. The summed E-state index contributed by atoms with van der Waals surface area (Å²) in [6.07, 6.45) is 3.86. The number of allylic oxidation sites excluding steroid dienone is 1. The fourth-order valence-electron chi connectivity index (χ4n) is 1.15. The van der Waals surface area contributed by atoms with Gasteiger partial charge in [-0.2, -0.15) is 0 Å². The Morgan fingerprint density at radius 2 is 2.00 bits per heavy atom. The van der Waals surface area contributed by atoms with Crippen molar-refractivity contribution in [1.29, 1.82) is 0 Å². The number of amidine groups is 1. The molecule has 0 fully saturated rings. The highest BCUT2D eigenvalue weighted by molar-refractivity contribution is 6.03. The zero-order valence-corrected chi connectivity index (χ0v) is 9.32. The number of rotatable bonds is 3. The van der Waals surface area contributed by atoms with E-state index >= 15 is 0 Å². The molecule has 0 aliphatic rings. The van der Waals surface area contributed by atoms with Crippen LogP contribution in [0.1, 0.15) is 6.92 Å². The number of nitrogens with zero attached hydrogens (tertiary/aromatic N) is 1. The molecule has 1 N–H and O–H groups in total. The standard InChI is InChI=1S/C12H16N2O/c1-4-5-12(13-2)14-10-6-8-11(15-3)9-7-10/h4-9H,1-3H3,(H,13,14)/b5-4-. The first-order chi connectivity index (χ1) is 7.30. The predicted octanol–water partition coefficient (Wildman–Crippen LogP) is 2.71. The van der Waals surface area contributed by atoms with Crippen molar-refractivity contribution in [2.45, 2.75) is 6.92 Å². The zero-order valence-electron chi connectivity index (χ0n) is 9.32. The Balaban J connectivity index is 2.72. The van der Waals surface area contributed by atoms with Gasteiger partial charge in [-0.05, 0) is 37.3 Å². The Bertz CT molecular complexity index is 352. The number of aliphatic imine (C=N–C) groups is 1. The Kier molecular flexibility index (Phi) is 4.41. The van der Waals surface area contributed by atoms with Gasteiger partial charge in [0.05, 0.1) is 7.11 Å². The molecule has 0 spiro atoms. The molecule has 1 aromatic rings. The van der Waals surface area contributed by atoms with Gasteiger partial charge in [-0.25, -0.2) is 0 Å². The van der Waals surface area contributed by atoms with Gasteiger partial charge in [0.15, 0.2) is 0 Å². The molecule has 0 aliphatic carbocycles. The van der Waals surface area contributed by atoms with E-state index in [1.54, 1.807) is 14.2 Å². The van der Waals surface area contributed by atoms with Crippen molar-refractivity contribution in [3.63, 3.8) is 0 Å². The molecule has 0 amide bonds. The van der Waals surface area contributed by atoms with E-state index in [-0.39, 0.29) is 0 Å². The molecule has 3 nitrogen and oxygen atoms in total. The van der Waals surface area contributed by atoms with Gasteiger partial charge in [-0.3, -0.25) is 4.99 Å². The average Bonchev–Trinajstić information content (AvgIpc) is 2.29. The van der Waals surface area contributed by atoms with Gasteiger partial charge in [0, 0.05) is 12.7 Å². The first kappa shape index (κ1) is 11.3. The van der Waals surface area contributed by atoms with Crippen LogP contribution in [0.15, 0.2) is 41.4 Å². The van der Waals surface area contributed by atoms with Crippen LogP contribution in [0.25, 0.3) is 0 Å². The van der Waals surface area contributed by atoms with Crippen molar-refractivity contribution in [1.82, 2.24) is 0 Å². The Labute approximate surface area is 90.5 Å². The normalized spacial score (nSPS) is 11.8. The second-order valence-corrected chi connectivity index (χ2v) is 2.96. The van der Waals surface area contributed by atoms with E-state index in [0.29, 0.717) is 0 Å². The van der Waals surface area contributed by atoms with Crippen LogP contribution in [0, 0.1) is 0 Å². The summed E-state index contributed by atoms with van der Waals surface area (Å²) in [6, 6.07) is 7.72. The molecule has 0 saturated heterocycles. The van der Waals surface area contributed by atoms with Gasteiger partial charge in [0.2, 0.25) is 0 Å². The third-order valence-electron chi connectivity index (χ3n) is 1.93. The zero-order chi connectivity index (χ0) is 11.1. The van der Waals surface area contributed by atoms with Gasteiger partial charge in [-0.15, -0.1) is 0 Å². The molecule has 1 aromatic carbocycles. The number of hydrogen-bond donors (Lipinski definition) is 1. The number of anilines is 1. The van der Waals surface area contributed by atoms with Crippen LogP contribution < -0.4 is 10.1 Å². The summed E-state index contributed by atoms with van der Waals surface area (Å²) in [5, 5.41) is 3.19. The maximum Gasteiger partial charge on any atom is 0.124 e. The smallest absolute Gasteiger partial charge is 0.124 e. The van der Waals surface area contributed by atoms with Crippen molar-refractivity contribution in [2.24, 2.45) is 4.99 Å². The molecule has 0 atom stereocenters. The van der Waals surface area contributed by atoms with Crippen molar-refractivity contribution >= 4 is 11.5 Å². The van der Waals surface area contributed by atoms with E-state index in [0.717, 1.165) is 17.3 Å². The highest BCUT2D eigenvalue weighted by atomic mass is 16.5. The SMILES string of the molecule is C/C=C\C(=NC)Nc1ccc(OC)cc1. The molecule has 80 valence electrons. The largest absolute Gasteiger partial charge is 0.497 e. The minimum Gasteiger partial charge on any atom is -0.497 e. The summed E-state index contributed by atoms with van der Waals surface area (Å²) in [4.78, 5) is 4.10. The molecule has 15 heavy (non-hydrogen) atoms. The number of benzene rings is 1. The highest BCUT2D eigenvalue weighted by Crippen LogP contribution is 2.14. The monoisotopic (exact) mass is 204 g/mol. The molecule has 3 heteroatoms. The van der Waals surface area contributed by atoms with Crippen molar-refractivity contribution < 1.29 is 4.74 Å². The summed E-state index contributed by atoms with van der Waals surface area (Å²) in [7, 11) is 3.41. The van der Waals surface area contributed by atoms with E-state index in [9.17, 15) is 0 Å². The van der Waals surface area contributed by atoms with Crippen molar-refractivity contribution in [3.8, 4) is 5.75 Å². The molecule has 1 rings (SSSR count). The third kappa shape index (κ3) is 3.46. The van der Waals surface area contributed by atoms with Gasteiger partial charge >= 0.3 is 0 Å². The summed E-state index contributed by atoms with van der Waals surface area (Å²) in [5.74, 6) is 1.68. The quantitative estimate of drug-likeness (QED) is 0.606. The van der Waals surface area contributed by atoms with Gasteiger partial charge < -0.3 is 10.1 Å². The first-order valence-electron chi connectivity index (χ1n) is 4.80. The minimum atomic E-state index is 0.836. The van der Waals surface area contributed by atoms with Gasteiger partial charge in [-0.1, -0.05) is 6.08 Å². The van der Waals surface area contributed by atoms with E-state index in [1.807, 2.05) is 43.3 Å². The number of methoxy groups -OCH3 is 1. The second-order valence-electron chi connectivity index (χ2n) is 2.96. The molecule has 0 aliphatic heterocycles. The Hall–Kier alpha value is -1.77. The van der Waals surface area contributed by atoms with Crippen LogP contribution in [0.5, 0.6) is 5.75 Å². The van der Waals surface area contributed by atoms with Crippen LogP contribution in [0.3, 0.4) is 0 Å². The molecular weight excluding hydrogens is 188 g/mol. The van der Waals surface area contributed by atoms with Crippen molar-refractivity contribution in [3.05, 3.63) is 36.4 Å². The van der Waals surface area contributed by atoms with Crippen LogP contribution in [0.4, 0.5) is 5.69 Å². The van der Waals surface area contributed by atoms with Gasteiger partial charge in [0.25, 0.3) is 0 Å². The van der Waals surface area contributed by atoms with E-state index < -0.39 is 0 Å². The molecular formula is C12H16N2O. The average molecular weight is 204 g/mol. The first-order valence-corrected chi connectivity index (χ1v) is 4.80. The lowest BCUT2D eigenvalue weighted by Gasteiger charge is -2.06. The lowest BCUT2D eigenvalue weighted by Crippen LogP contribution is -2.08. The summed E-state index contributed by atoms with van der Waals surface area (Å²) in [6.45, 7) is 1.96. The van der Waals surface area contributed by atoms with Crippen LogP contribution >= 0.6 is 0 Å². The van der Waals surface area contributed by atoms with E-state index in [2.05, 4.69) is 10.3 Å². The maximum atomic E-state index is 5.08. The topological polar surface area (TPSA) is 33.6 Å². The molecule has 0 heterocycles. The highest BCUT2D eigenvalue weighted by Gasteiger charge is 1.95. The second kappa shape index (κ2) is 5.86. The molecule has 0 aromatic heterocycles. The van der Waals surface area contributed by atoms with E-state index in [4.69, 9.17) is 4.74 Å². The van der Waals surface area contributed by atoms with Crippen LogP contribution in [-0.2, 0) is 0 Å². The Morgan fingerprint density at radius 3 is 2.47 bits per heavy atom. The maximum absolute atomic E-state index is 5.08. The van der Waals surface area contributed by atoms with Crippen LogP contribution in [0.2, 0.25) is 0 Å². The number of hydrogen-bond acceptors (Lipinski definition) is 2. The van der Waals surface area contributed by atoms with E-state index in [1.165, 1.54) is 0 Å². The van der Waals surface area contributed by atoms with Gasteiger partial charge in [0.1, 0.15) is 11.6 Å². The lowest BCUT2D eigenvalue weighted by molar-refractivity contribution is 0.415. The summed E-state index contributed by atoms with van der Waals surface area (Å²) < 4.78 is 5.08. The molecule has 0 bridgehead atoms. The summed E-state index contributed by atoms with van der Waals surface area (Å²) >= 11 is 0. The molecule has 0 radical (unpaired) electrons. The number of nitrogens with one attached hydrogen (secondary N) is 1. The fraction of sp³-hybridized carbons (Fsp3) is 0.250. The summed E-state index contributed by atoms with van der Waals surface area (Å²) in [5.41, 5.74) is 0.995. The predicted molar refractivity (Wildman–Crippen MR) is 64.8 cm³/mol. The molecule has 0 saturated carbocycles. The lowest BCUT2D eigenvalue weighted by atomic mass is 10.3. The fourth-order valence-corrected chi connectivity index (χ4v) is 1.15. The van der Waals surface area contributed by atoms with Crippen LogP contribution in [-0.4, -0.2) is 20.0 Å².